The van der Waals surface area contributed by atoms with Gasteiger partial charge in [-0.1, -0.05) is 91.0 Å². The lowest BCUT2D eigenvalue weighted by atomic mass is 10.2. The Kier molecular flexibility index (Phi) is 6.89. The lowest BCUT2D eigenvalue weighted by molar-refractivity contribution is 0.822. The highest BCUT2D eigenvalue weighted by Crippen LogP contribution is 2.30. The van der Waals surface area contributed by atoms with Crippen molar-refractivity contribution in [1.82, 2.24) is 33.6 Å². The number of hydrogen-bond acceptors (Lipinski definition) is 10. The van der Waals surface area contributed by atoms with Gasteiger partial charge in [-0.05, 0) is 72.8 Å². The van der Waals surface area contributed by atoms with E-state index in [0.29, 0.717) is 35.0 Å². The molecule has 0 radical (unpaired) electrons. The zero-order valence-electron chi connectivity index (χ0n) is 30.4. The Bertz CT molecular complexity index is 2970. The van der Waals surface area contributed by atoms with E-state index in [-0.39, 0.29) is 17.9 Å². The smallest absolute Gasteiger partial charge is 0.243 e. The quantitative estimate of drug-likeness (QED) is 0.172. The minimum Gasteiger partial charge on any atom is -0.290 e. The molecule has 9 aromatic rings. The van der Waals surface area contributed by atoms with Crippen molar-refractivity contribution < 1.29 is 0 Å². The fourth-order valence-corrected chi connectivity index (χ4v) is 7.63. The third-order valence-electron chi connectivity index (χ3n) is 10.2. The normalized spacial score (nSPS) is 14.8. The van der Waals surface area contributed by atoms with Gasteiger partial charge in [0.05, 0.1) is 33.1 Å². The molecule has 0 bridgehead atoms. The Labute approximate surface area is 329 Å². The van der Waals surface area contributed by atoms with Crippen molar-refractivity contribution in [3.63, 3.8) is 0 Å². The number of benzene rings is 6. The van der Waals surface area contributed by atoms with E-state index in [4.69, 9.17) is 44.9 Å². The first-order valence-corrected chi connectivity index (χ1v) is 18.7. The number of para-hydroxylation sites is 9. The summed E-state index contributed by atoms with van der Waals surface area (Å²) < 4.78 is 6.16. The molecule has 12 rings (SSSR count). The maximum Gasteiger partial charge on any atom is 0.243 e. The number of rotatable bonds is 6. The maximum atomic E-state index is 5.10. The van der Waals surface area contributed by atoms with Crippen molar-refractivity contribution >= 4 is 68.5 Å². The summed E-state index contributed by atoms with van der Waals surface area (Å²) in [7, 11) is 0. The SMILES string of the molecule is c1ccc(-n2c(C3=NC4=NC(c5nc6ccccc6n5-c5ccccc5)=NC5=NC(c6nc7ccccc7n6-c6ccccc6)=NC(=N3)N45)nc3ccccc32)cc1. The second-order valence-corrected chi connectivity index (χ2v) is 13.7. The lowest BCUT2D eigenvalue weighted by Crippen LogP contribution is -2.48. The van der Waals surface area contributed by atoms with Crippen molar-refractivity contribution in [1.29, 1.82) is 0 Å². The molecule has 13 heteroatoms. The Hall–Kier alpha value is -8.45. The van der Waals surface area contributed by atoms with Crippen molar-refractivity contribution in [2.24, 2.45) is 30.0 Å². The number of fused-ring (bicyclic) bond motifs is 3. The van der Waals surface area contributed by atoms with Crippen LogP contribution in [0.4, 0.5) is 0 Å². The van der Waals surface area contributed by atoms with Crippen LogP contribution in [0.25, 0.3) is 50.2 Å². The van der Waals surface area contributed by atoms with E-state index in [0.717, 1.165) is 50.2 Å². The zero-order valence-corrected chi connectivity index (χ0v) is 30.4. The molecule has 0 fully saturated rings. The first kappa shape index (κ1) is 31.9. The molecule has 6 aromatic carbocycles. The van der Waals surface area contributed by atoms with Crippen LogP contribution >= 0.6 is 0 Å². The van der Waals surface area contributed by atoms with Crippen molar-refractivity contribution in [2.45, 2.75) is 0 Å². The van der Waals surface area contributed by atoms with Crippen molar-refractivity contribution in [3.8, 4) is 17.1 Å². The number of imidazole rings is 3. The van der Waals surface area contributed by atoms with Crippen LogP contribution in [0.15, 0.2) is 194 Å². The predicted molar refractivity (Wildman–Crippen MR) is 227 cm³/mol. The van der Waals surface area contributed by atoms with Gasteiger partial charge in [0.15, 0.2) is 17.5 Å². The van der Waals surface area contributed by atoms with Gasteiger partial charge in [0.25, 0.3) is 0 Å². The number of nitrogens with zero attached hydrogens (tertiary/aromatic N) is 13. The molecule has 58 heavy (non-hydrogen) atoms. The molecule has 13 nitrogen and oxygen atoms in total. The fraction of sp³-hybridized carbons (Fsp3) is 0. The van der Waals surface area contributed by atoms with Crippen LogP contribution in [0.3, 0.4) is 0 Å². The molecule has 0 saturated heterocycles. The molecule has 0 amide bonds. The molecule has 0 N–H and O–H groups in total. The molecule has 0 spiro atoms. The molecule has 6 heterocycles. The van der Waals surface area contributed by atoms with Gasteiger partial charge in [-0.15, -0.1) is 0 Å². The highest BCUT2D eigenvalue weighted by Gasteiger charge is 2.38. The minimum absolute atomic E-state index is 0.279. The maximum absolute atomic E-state index is 5.10. The third kappa shape index (κ3) is 4.93. The lowest BCUT2D eigenvalue weighted by Gasteiger charge is -2.30. The topological polar surface area (TPSA) is 131 Å². The summed E-state index contributed by atoms with van der Waals surface area (Å²) >= 11 is 0. The number of hydrogen-bond donors (Lipinski definition) is 0. The van der Waals surface area contributed by atoms with E-state index < -0.39 is 0 Å². The molecule has 0 saturated carbocycles. The van der Waals surface area contributed by atoms with Crippen LogP contribution in [0.5, 0.6) is 0 Å². The summed E-state index contributed by atoms with van der Waals surface area (Å²) in [6.07, 6.45) is 0. The summed E-state index contributed by atoms with van der Waals surface area (Å²) in [5.74, 6) is 3.39. The van der Waals surface area contributed by atoms with Crippen molar-refractivity contribution in [3.05, 3.63) is 181 Å². The highest BCUT2D eigenvalue weighted by molar-refractivity contribution is 6.34. The van der Waals surface area contributed by atoms with Gasteiger partial charge >= 0.3 is 0 Å². The van der Waals surface area contributed by atoms with E-state index in [1.165, 1.54) is 0 Å². The van der Waals surface area contributed by atoms with Crippen LogP contribution in [0.1, 0.15) is 17.5 Å². The standard InChI is InChI=1S/C45H27N13/c1-4-16-28(17-5-1)55-34-25-13-10-22-31(34)46-40(55)37-49-43-51-38(41-47-32-23-11-14-26-35(32)56(41)29-18-6-2-7-19-29)53-45-54-39(52-44(50-37)58(43)45)42-48-33-24-12-15-27-36(33)57(42)30-20-8-3-9-21-30/h1-27H. The second-order valence-electron chi connectivity index (χ2n) is 13.7. The average Bonchev–Trinajstić information content (AvgIpc) is 3.99. The molecule has 0 aliphatic carbocycles. The zero-order chi connectivity index (χ0) is 38.2. The second kappa shape index (κ2) is 12.5. The van der Waals surface area contributed by atoms with Gasteiger partial charge in [-0.25, -0.2) is 19.9 Å². The number of aliphatic imine (C=N–C) groups is 6. The van der Waals surface area contributed by atoms with Gasteiger partial charge in [-0.3, -0.25) is 13.7 Å². The summed E-state index contributed by atoms with van der Waals surface area (Å²) in [5.41, 5.74) is 7.83. The molecular formula is C45H27N13. The van der Waals surface area contributed by atoms with Gasteiger partial charge in [0.2, 0.25) is 35.4 Å². The fourth-order valence-electron chi connectivity index (χ4n) is 7.63. The minimum atomic E-state index is 0.279. The predicted octanol–water partition coefficient (Wildman–Crippen LogP) is 7.75. The Morgan fingerprint density at radius 3 is 0.862 bits per heavy atom. The first-order chi connectivity index (χ1) is 28.7. The van der Waals surface area contributed by atoms with Gasteiger partial charge in [0.1, 0.15) is 0 Å². The number of guanidine groups is 3. The molecule has 3 aliphatic heterocycles. The van der Waals surface area contributed by atoms with E-state index in [1.54, 1.807) is 4.90 Å². The highest BCUT2D eigenvalue weighted by atomic mass is 15.5. The Balaban J connectivity index is 1.13. The summed E-state index contributed by atoms with van der Waals surface area (Å²) in [5, 5.41) is 0. The third-order valence-corrected chi connectivity index (χ3v) is 10.2. The summed E-state index contributed by atoms with van der Waals surface area (Å²) in [6.45, 7) is 0. The van der Waals surface area contributed by atoms with E-state index in [2.05, 4.69) is 13.7 Å². The Morgan fingerprint density at radius 1 is 0.276 bits per heavy atom. The van der Waals surface area contributed by atoms with Gasteiger partial charge < -0.3 is 0 Å². The molecule has 0 atom stereocenters. The molecule has 272 valence electrons. The van der Waals surface area contributed by atoms with E-state index in [9.17, 15) is 0 Å². The number of aromatic nitrogens is 6. The van der Waals surface area contributed by atoms with Crippen LogP contribution < -0.4 is 0 Å². The molecule has 3 aromatic heterocycles. The Morgan fingerprint density at radius 2 is 0.552 bits per heavy atom. The number of amidine groups is 3. The van der Waals surface area contributed by atoms with Crippen LogP contribution in [-0.4, -0.2) is 68.9 Å². The van der Waals surface area contributed by atoms with Crippen LogP contribution in [-0.2, 0) is 0 Å². The van der Waals surface area contributed by atoms with Crippen molar-refractivity contribution in [2.75, 3.05) is 0 Å². The van der Waals surface area contributed by atoms with Gasteiger partial charge in [0, 0.05) is 17.1 Å². The summed E-state index contributed by atoms with van der Waals surface area (Å²) in [4.78, 5) is 47.5. The summed E-state index contributed by atoms with van der Waals surface area (Å²) in [6, 6.07) is 54.1. The largest absolute Gasteiger partial charge is 0.290 e. The van der Waals surface area contributed by atoms with E-state index >= 15 is 0 Å². The van der Waals surface area contributed by atoms with E-state index in [1.807, 2.05) is 164 Å². The van der Waals surface area contributed by atoms with Gasteiger partial charge in [-0.2, -0.15) is 30.0 Å². The van der Waals surface area contributed by atoms with Crippen LogP contribution in [0, 0.1) is 0 Å². The molecular weight excluding hydrogens is 723 g/mol. The monoisotopic (exact) mass is 749 g/mol. The van der Waals surface area contributed by atoms with Crippen LogP contribution in [0.2, 0.25) is 0 Å². The first-order valence-electron chi connectivity index (χ1n) is 18.7. The average molecular weight is 750 g/mol. The molecule has 0 unspecified atom stereocenters. The molecule has 3 aliphatic rings.